The molecule has 0 unspecified atom stereocenters. The van der Waals surface area contributed by atoms with Crippen molar-refractivity contribution in [3.63, 3.8) is 0 Å². The van der Waals surface area contributed by atoms with Crippen LogP contribution in [0, 0.1) is 0 Å². The molecule has 0 saturated carbocycles. The Kier molecular flexibility index (Phi) is 6.51. The number of rotatable bonds is 7. The SMILES string of the molecule is COc1ccc(/C(N)=N/OC(=O)CSc2nnc(-c3ccc(Cl)cc3)o2)cc1. The highest BCUT2D eigenvalue weighted by atomic mass is 35.5. The number of nitrogens with zero attached hydrogens (tertiary/aromatic N) is 3. The van der Waals surface area contributed by atoms with Gasteiger partial charge in [-0.1, -0.05) is 28.5 Å². The van der Waals surface area contributed by atoms with Crippen LogP contribution < -0.4 is 10.5 Å². The molecule has 3 aromatic rings. The Bertz CT molecular complexity index is 974. The van der Waals surface area contributed by atoms with E-state index < -0.39 is 5.97 Å². The molecule has 0 aliphatic heterocycles. The van der Waals surface area contributed by atoms with E-state index in [0.717, 1.165) is 17.3 Å². The molecule has 1 heterocycles. The maximum Gasteiger partial charge on any atom is 0.345 e. The van der Waals surface area contributed by atoms with E-state index in [2.05, 4.69) is 15.4 Å². The Morgan fingerprint density at radius 3 is 2.57 bits per heavy atom. The highest BCUT2D eigenvalue weighted by Gasteiger charge is 2.12. The van der Waals surface area contributed by atoms with Crippen LogP contribution in [0.5, 0.6) is 5.75 Å². The third kappa shape index (κ3) is 5.24. The van der Waals surface area contributed by atoms with Crippen LogP contribution in [0.4, 0.5) is 0 Å². The van der Waals surface area contributed by atoms with Crippen LogP contribution in [-0.2, 0) is 9.63 Å². The topological polar surface area (TPSA) is 113 Å². The summed E-state index contributed by atoms with van der Waals surface area (Å²) in [5.41, 5.74) is 7.12. The summed E-state index contributed by atoms with van der Waals surface area (Å²) >= 11 is 6.88. The van der Waals surface area contributed by atoms with Gasteiger partial charge in [0.05, 0.1) is 7.11 Å². The van der Waals surface area contributed by atoms with E-state index >= 15 is 0 Å². The second-order valence-corrected chi connectivity index (χ2v) is 6.70. The lowest BCUT2D eigenvalue weighted by atomic mass is 10.2. The quantitative estimate of drug-likeness (QED) is 0.204. The first kappa shape index (κ1) is 19.7. The predicted molar refractivity (Wildman–Crippen MR) is 105 cm³/mol. The number of benzene rings is 2. The fraction of sp³-hybridized carbons (Fsp3) is 0.111. The maximum absolute atomic E-state index is 11.8. The number of amidine groups is 1. The molecule has 8 nitrogen and oxygen atoms in total. The molecule has 0 amide bonds. The van der Waals surface area contributed by atoms with Gasteiger partial charge in [0.25, 0.3) is 5.22 Å². The molecule has 1 aromatic heterocycles. The number of carbonyl (C=O) groups excluding carboxylic acids is 1. The number of aromatic nitrogens is 2. The van der Waals surface area contributed by atoms with E-state index in [9.17, 15) is 4.79 Å². The van der Waals surface area contributed by atoms with Crippen LogP contribution in [0.25, 0.3) is 11.5 Å². The summed E-state index contributed by atoms with van der Waals surface area (Å²) in [5.74, 6) is 0.412. The highest BCUT2D eigenvalue weighted by molar-refractivity contribution is 7.99. The van der Waals surface area contributed by atoms with Crippen LogP contribution >= 0.6 is 23.4 Å². The summed E-state index contributed by atoms with van der Waals surface area (Å²) in [5, 5.41) is 12.3. The van der Waals surface area contributed by atoms with Gasteiger partial charge in [0, 0.05) is 16.1 Å². The normalized spacial score (nSPS) is 11.3. The zero-order valence-corrected chi connectivity index (χ0v) is 16.2. The van der Waals surface area contributed by atoms with E-state index in [4.69, 9.17) is 31.3 Å². The first-order valence-corrected chi connectivity index (χ1v) is 9.31. The van der Waals surface area contributed by atoms with Gasteiger partial charge in [0.1, 0.15) is 11.5 Å². The minimum Gasteiger partial charge on any atom is -0.497 e. The third-order valence-electron chi connectivity index (χ3n) is 3.44. The largest absolute Gasteiger partial charge is 0.497 e. The van der Waals surface area contributed by atoms with Crippen molar-refractivity contribution in [2.45, 2.75) is 5.22 Å². The van der Waals surface area contributed by atoms with Crippen molar-refractivity contribution in [1.82, 2.24) is 10.2 Å². The summed E-state index contributed by atoms with van der Waals surface area (Å²) in [6.45, 7) is 0. The molecule has 0 aliphatic carbocycles. The van der Waals surface area contributed by atoms with E-state index in [1.54, 1.807) is 55.6 Å². The Labute approximate surface area is 169 Å². The molecular weight excluding hydrogens is 404 g/mol. The van der Waals surface area contributed by atoms with Gasteiger partial charge < -0.3 is 19.7 Å². The molecule has 2 aromatic carbocycles. The highest BCUT2D eigenvalue weighted by Crippen LogP contribution is 2.24. The molecule has 28 heavy (non-hydrogen) atoms. The van der Waals surface area contributed by atoms with Gasteiger partial charge in [0.2, 0.25) is 5.89 Å². The average molecular weight is 419 g/mol. The summed E-state index contributed by atoms with van der Waals surface area (Å²) in [7, 11) is 1.56. The lowest BCUT2D eigenvalue weighted by Crippen LogP contribution is -2.15. The van der Waals surface area contributed by atoms with Gasteiger partial charge in [-0.3, -0.25) is 0 Å². The summed E-state index contributed by atoms with van der Waals surface area (Å²) < 4.78 is 10.6. The van der Waals surface area contributed by atoms with Crippen LogP contribution in [0.3, 0.4) is 0 Å². The molecule has 0 radical (unpaired) electrons. The first-order chi connectivity index (χ1) is 13.5. The summed E-state index contributed by atoms with van der Waals surface area (Å²) in [6.07, 6.45) is 0. The Morgan fingerprint density at radius 2 is 1.89 bits per heavy atom. The predicted octanol–water partition coefficient (Wildman–Crippen LogP) is 3.35. The van der Waals surface area contributed by atoms with E-state index in [1.165, 1.54) is 0 Å². The molecule has 144 valence electrons. The second kappa shape index (κ2) is 9.25. The van der Waals surface area contributed by atoms with Crippen molar-refractivity contribution >= 4 is 35.2 Å². The Morgan fingerprint density at radius 1 is 1.18 bits per heavy atom. The van der Waals surface area contributed by atoms with Gasteiger partial charge in [-0.25, -0.2) is 4.79 Å². The van der Waals surface area contributed by atoms with E-state index in [1.807, 2.05) is 0 Å². The average Bonchev–Trinajstić information content (AvgIpc) is 3.20. The molecule has 0 saturated heterocycles. The number of ether oxygens (including phenoxy) is 1. The molecular formula is C18H15ClN4O4S. The lowest BCUT2D eigenvalue weighted by molar-refractivity contribution is -0.140. The van der Waals surface area contributed by atoms with E-state index in [-0.39, 0.29) is 16.8 Å². The molecule has 10 heteroatoms. The fourth-order valence-electron chi connectivity index (χ4n) is 2.04. The van der Waals surface area contributed by atoms with E-state index in [0.29, 0.717) is 22.2 Å². The van der Waals surface area contributed by atoms with Gasteiger partial charge >= 0.3 is 5.97 Å². The van der Waals surface area contributed by atoms with Crippen molar-refractivity contribution < 1.29 is 18.8 Å². The molecule has 0 aliphatic rings. The number of hydrogen-bond donors (Lipinski definition) is 1. The second-order valence-electron chi connectivity index (χ2n) is 5.34. The molecule has 0 fully saturated rings. The van der Waals surface area contributed by atoms with Crippen LogP contribution in [-0.4, -0.2) is 34.9 Å². The van der Waals surface area contributed by atoms with Crippen molar-refractivity contribution in [3.05, 3.63) is 59.1 Å². The monoisotopic (exact) mass is 418 g/mol. The maximum atomic E-state index is 11.8. The van der Waals surface area contributed by atoms with Crippen molar-refractivity contribution in [3.8, 4) is 17.2 Å². The van der Waals surface area contributed by atoms with Crippen LogP contribution in [0.2, 0.25) is 5.02 Å². The number of thioether (sulfide) groups is 1. The number of oxime groups is 1. The summed E-state index contributed by atoms with van der Waals surface area (Å²) in [4.78, 5) is 16.6. The van der Waals surface area contributed by atoms with Crippen molar-refractivity contribution in [2.24, 2.45) is 10.9 Å². The minimum atomic E-state index is -0.604. The standard InChI is InChI=1S/C18H15ClN4O4S/c1-25-14-8-4-11(5-9-14)16(20)23-27-15(24)10-28-18-22-21-17(26-18)12-2-6-13(19)7-3-12/h2-9H,10H2,1H3,(H2,20,23). The van der Waals surface area contributed by atoms with Gasteiger partial charge in [-0.2, -0.15) is 0 Å². The Hall–Kier alpha value is -3.04. The first-order valence-electron chi connectivity index (χ1n) is 7.95. The van der Waals surface area contributed by atoms with Crippen LogP contribution in [0.1, 0.15) is 5.56 Å². The number of methoxy groups -OCH3 is 1. The molecule has 0 bridgehead atoms. The molecule has 3 rings (SSSR count). The zero-order chi connectivity index (χ0) is 19.9. The number of hydrogen-bond acceptors (Lipinski definition) is 8. The van der Waals surface area contributed by atoms with Gasteiger partial charge in [-0.05, 0) is 48.5 Å². The minimum absolute atomic E-state index is 0.0678. The molecule has 0 atom stereocenters. The fourth-order valence-corrected chi connectivity index (χ4v) is 2.70. The smallest absolute Gasteiger partial charge is 0.345 e. The molecule has 2 N–H and O–H groups in total. The summed E-state index contributed by atoms with van der Waals surface area (Å²) in [6, 6.07) is 13.8. The lowest BCUT2D eigenvalue weighted by Gasteiger charge is -2.02. The molecule has 0 spiro atoms. The Balaban J connectivity index is 1.52. The zero-order valence-electron chi connectivity index (χ0n) is 14.7. The van der Waals surface area contributed by atoms with Crippen molar-refractivity contribution in [2.75, 3.05) is 12.9 Å². The van der Waals surface area contributed by atoms with Crippen molar-refractivity contribution in [1.29, 1.82) is 0 Å². The van der Waals surface area contributed by atoms with Gasteiger partial charge in [-0.15, -0.1) is 10.2 Å². The number of nitrogens with two attached hydrogens (primary N) is 1. The van der Waals surface area contributed by atoms with Gasteiger partial charge in [0.15, 0.2) is 5.84 Å². The number of carbonyl (C=O) groups is 1. The third-order valence-corrected chi connectivity index (χ3v) is 4.49. The van der Waals surface area contributed by atoms with Crippen LogP contribution in [0.15, 0.2) is 63.3 Å². The number of halogens is 1.